The normalized spacial score (nSPS) is 17.7. The van der Waals surface area contributed by atoms with Gasteiger partial charge in [0.1, 0.15) is 5.82 Å². The predicted molar refractivity (Wildman–Crippen MR) is 103 cm³/mol. The summed E-state index contributed by atoms with van der Waals surface area (Å²) in [6, 6.07) is 9.03. The Hall–Kier alpha value is -2.61. The fourth-order valence-electron chi connectivity index (χ4n) is 4.04. The summed E-state index contributed by atoms with van der Waals surface area (Å²) in [4.78, 5) is 19.2. The van der Waals surface area contributed by atoms with Crippen LogP contribution in [-0.4, -0.2) is 33.4 Å². The van der Waals surface area contributed by atoms with Gasteiger partial charge in [0.2, 0.25) is 0 Å². The van der Waals surface area contributed by atoms with Crippen molar-refractivity contribution in [3.63, 3.8) is 0 Å². The molecule has 140 valence electrons. The molecule has 0 unspecified atom stereocenters. The third-order valence-electron chi connectivity index (χ3n) is 5.95. The van der Waals surface area contributed by atoms with Crippen LogP contribution in [0.5, 0.6) is 0 Å². The molecule has 2 heterocycles. The molecule has 1 aromatic carbocycles. The molecule has 0 bridgehead atoms. The number of benzene rings is 1. The topological polar surface area (TPSA) is 61.9 Å². The zero-order valence-corrected chi connectivity index (χ0v) is 15.9. The number of nitrogens with zero attached hydrogens (tertiary/aromatic N) is 4. The Morgan fingerprint density at radius 2 is 1.89 bits per heavy atom. The van der Waals surface area contributed by atoms with Crippen molar-refractivity contribution in [2.24, 2.45) is 5.92 Å². The van der Waals surface area contributed by atoms with Crippen LogP contribution in [0, 0.1) is 24.2 Å². The summed E-state index contributed by atoms with van der Waals surface area (Å²) in [6.07, 6.45) is 7.87. The summed E-state index contributed by atoms with van der Waals surface area (Å²) in [6.45, 7) is 4.84. The number of carbonyl (C=O) groups is 1. The molecule has 5 nitrogen and oxygen atoms in total. The smallest absolute Gasteiger partial charge is 0.253 e. The molecule has 1 amide bonds. The molecule has 1 saturated heterocycles. The maximum absolute atomic E-state index is 12.7. The van der Waals surface area contributed by atoms with Gasteiger partial charge in [0.25, 0.3) is 5.91 Å². The average Bonchev–Trinajstić information content (AvgIpc) is 3.49. The van der Waals surface area contributed by atoms with Crippen molar-refractivity contribution in [1.82, 2.24) is 14.5 Å². The second kappa shape index (κ2) is 7.56. The van der Waals surface area contributed by atoms with E-state index >= 15 is 0 Å². The highest BCUT2D eigenvalue weighted by molar-refractivity contribution is 5.94. The molecule has 0 radical (unpaired) electrons. The highest BCUT2D eigenvalue weighted by Gasteiger charge is 2.29. The molecule has 1 aromatic heterocycles. The Bertz CT molecular complexity index is 849. The van der Waals surface area contributed by atoms with Gasteiger partial charge in [0.05, 0.1) is 11.6 Å². The van der Waals surface area contributed by atoms with Crippen molar-refractivity contribution in [1.29, 1.82) is 5.26 Å². The van der Waals surface area contributed by atoms with E-state index in [9.17, 15) is 4.79 Å². The van der Waals surface area contributed by atoms with Gasteiger partial charge in [0.15, 0.2) is 0 Å². The van der Waals surface area contributed by atoms with E-state index in [1.54, 1.807) is 24.3 Å². The van der Waals surface area contributed by atoms with Gasteiger partial charge in [-0.1, -0.05) is 0 Å². The molecule has 0 spiro atoms. The molecule has 5 heteroatoms. The second-order valence-corrected chi connectivity index (χ2v) is 7.90. The number of aromatic nitrogens is 2. The summed E-state index contributed by atoms with van der Waals surface area (Å²) in [5, 5.41) is 8.88. The number of likely N-dealkylation sites (tertiary alicyclic amines) is 1. The van der Waals surface area contributed by atoms with Crippen molar-refractivity contribution >= 4 is 5.91 Å². The first kappa shape index (κ1) is 17.8. The van der Waals surface area contributed by atoms with Crippen LogP contribution in [0.15, 0.2) is 30.5 Å². The Morgan fingerprint density at radius 3 is 2.52 bits per heavy atom. The van der Waals surface area contributed by atoms with Gasteiger partial charge in [-0.2, -0.15) is 5.26 Å². The Labute approximate surface area is 160 Å². The molecule has 1 aliphatic heterocycles. The van der Waals surface area contributed by atoms with E-state index in [-0.39, 0.29) is 5.91 Å². The molecule has 1 aliphatic carbocycles. The molecule has 0 atom stereocenters. The minimum absolute atomic E-state index is 0.0828. The number of hydrogen-bond acceptors (Lipinski definition) is 3. The van der Waals surface area contributed by atoms with Gasteiger partial charge in [-0.05, 0) is 69.2 Å². The van der Waals surface area contributed by atoms with E-state index < -0.39 is 0 Å². The van der Waals surface area contributed by atoms with E-state index in [2.05, 4.69) is 22.5 Å². The fraction of sp³-hybridized carbons (Fsp3) is 0.500. The highest BCUT2D eigenvalue weighted by Crippen LogP contribution is 2.39. The zero-order valence-electron chi connectivity index (χ0n) is 15.9. The summed E-state index contributed by atoms with van der Waals surface area (Å²) in [5.41, 5.74) is 2.53. The third-order valence-corrected chi connectivity index (χ3v) is 5.95. The lowest BCUT2D eigenvalue weighted by atomic mass is 9.93. The van der Waals surface area contributed by atoms with Gasteiger partial charge in [0, 0.05) is 43.0 Å². The lowest BCUT2D eigenvalue weighted by Crippen LogP contribution is -2.38. The molecule has 4 rings (SSSR count). The van der Waals surface area contributed by atoms with Gasteiger partial charge in [-0.25, -0.2) is 4.98 Å². The van der Waals surface area contributed by atoms with E-state index in [0.717, 1.165) is 38.9 Å². The number of nitriles is 1. The lowest BCUT2D eigenvalue weighted by Gasteiger charge is -2.32. The van der Waals surface area contributed by atoms with Crippen molar-refractivity contribution in [2.45, 2.75) is 51.5 Å². The summed E-state index contributed by atoms with van der Waals surface area (Å²) in [7, 11) is 0. The maximum atomic E-state index is 12.7. The second-order valence-electron chi connectivity index (χ2n) is 7.90. The monoisotopic (exact) mass is 362 g/mol. The summed E-state index contributed by atoms with van der Waals surface area (Å²) < 4.78 is 2.41. The van der Waals surface area contributed by atoms with E-state index in [1.165, 1.54) is 24.4 Å². The molecule has 1 saturated carbocycles. The maximum Gasteiger partial charge on any atom is 0.253 e. The molecule has 2 fully saturated rings. The fourth-order valence-corrected chi connectivity index (χ4v) is 4.04. The number of hydrogen-bond donors (Lipinski definition) is 0. The van der Waals surface area contributed by atoms with Crippen molar-refractivity contribution in [3.05, 3.63) is 53.1 Å². The number of aryl methyl sites for hydroxylation is 1. The summed E-state index contributed by atoms with van der Waals surface area (Å²) in [5.74, 6) is 2.72. The van der Waals surface area contributed by atoms with Crippen LogP contribution in [0.1, 0.15) is 65.5 Å². The number of piperidine rings is 1. The number of rotatable bonds is 5. The average molecular weight is 362 g/mol. The zero-order chi connectivity index (χ0) is 18.8. The number of imidazole rings is 1. The molecular weight excluding hydrogens is 336 g/mol. The number of carbonyl (C=O) groups excluding carboxylic acids is 1. The third kappa shape index (κ3) is 3.90. The lowest BCUT2D eigenvalue weighted by molar-refractivity contribution is 0.0685. The predicted octanol–water partition coefficient (Wildman–Crippen LogP) is 3.88. The molecule has 0 N–H and O–H groups in total. The molecular formula is C22H26N4O. The Kier molecular flexibility index (Phi) is 4.98. The van der Waals surface area contributed by atoms with Crippen molar-refractivity contribution < 1.29 is 4.79 Å². The van der Waals surface area contributed by atoms with E-state index in [4.69, 9.17) is 5.26 Å². The van der Waals surface area contributed by atoms with Gasteiger partial charge < -0.3 is 9.47 Å². The molecule has 27 heavy (non-hydrogen) atoms. The van der Waals surface area contributed by atoms with Crippen LogP contribution in [-0.2, 0) is 6.54 Å². The first-order chi connectivity index (χ1) is 13.2. The van der Waals surface area contributed by atoms with Crippen LogP contribution in [0.3, 0.4) is 0 Å². The van der Waals surface area contributed by atoms with Crippen LogP contribution in [0.4, 0.5) is 0 Å². The SMILES string of the molecule is Cc1cnc(C2CC2)n1CCC1CCN(C(=O)c2ccc(C#N)cc2)CC1. The van der Waals surface area contributed by atoms with Crippen LogP contribution in [0.2, 0.25) is 0 Å². The standard InChI is InChI=1S/C22H26N4O/c1-16-15-24-21(19-6-7-19)26(16)13-10-17-8-11-25(12-9-17)22(27)20-4-2-18(14-23)3-5-20/h2-5,15,17,19H,6-13H2,1H3. The molecule has 2 aromatic rings. The van der Waals surface area contributed by atoms with Gasteiger partial charge >= 0.3 is 0 Å². The summed E-state index contributed by atoms with van der Waals surface area (Å²) >= 11 is 0. The quantitative estimate of drug-likeness (QED) is 0.811. The number of amides is 1. The Balaban J connectivity index is 1.29. The first-order valence-electron chi connectivity index (χ1n) is 9.97. The van der Waals surface area contributed by atoms with Crippen molar-refractivity contribution in [2.75, 3.05) is 13.1 Å². The minimum Gasteiger partial charge on any atom is -0.339 e. The van der Waals surface area contributed by atoms with Crippen LogP contribution >= 0.6 is 0 Å². The van der Waals surface area contributed by atoms with Gasteiger partial charge in [-0.3, -0.25) is 4.79 Å². The first-order valence-corrected chi connectivity index (χ1v) is 9.97. The van der Waals surface area contributed by atoms with Gasteiger partial charge in [-0.15, -0.1) is 0 Å². The van der Waals surface area contributed by atoms with Crippen LogP contribution < -0.4 is 0 Å². The van der Waals surface area contributed by atoms with Crippen LogP contribution in [0.25, 0.3) is 0 Å². The van der Waals surface area contributed by atoms with Crippen molar-refractivity contribution in [3.8, 4) is 6.07 Å². The largest absolute Gasteiger partial charge is 0.339 e. The molecule has 2 aliphatic rings. The highest BCUT2D eigenvalue weighted by atomic mass is 16.2. The van der Waals surface area contributed by atoms with E-state index in [0.29, 0.717) is 23.0 Å². The van der Waals surface area contributed by atoms with E-state index in [1.807, 2.05) is 11.1 Å². The minimum atomic E-state index is 0.0828. The Morgan fingerprint density at radius 1 is 1.19 bits per heavy atom.